The summed E-state index contributed by atoms with van der Waals surface area (Å²) >= 11 is 0. The summed E-state index contributed by atoms with van der Waals surface area (Å²) in [5.74, 6) is -0.210. The highest BCUT2D eigenvalue weighted by Crippen LogP contribution is 2.38. The minimum atomic E-state index is -4.60. The Labute approximate surface area is 403 Å². The molecule has 0 spiro atoms. The van der Waals surface area contributed by atoms with Gasteiger partial charge in [0.1, 0.15) is 13.2 Å². The maximum absolute atomic E-state index is 12.9. The highest BCUT2D eigenvalue weighted by Gasteiger charge is 2.23. The molecule has 2 N–H and O–H groups in total. The van der Waals surface area contributed by atoms with E-state index < -0.39 is 26.6 Å². The summed E-state index contributed by atoms with van der Waals surface area (Å²) < 4.78 is 23.3. The summed E-state index contributed by atoms with van der Waals surface area (Å²) in [5, 5.41) is 13.8. The lowest BCUT2D eigenvalue weighted by atomic mass is 10.0. The number of quaternary nitrogens is 1. The topological polar surface area (TPSA) is 108 Å². The van der Waals surface area contributed by atoms with Gasteiger partial charge < -0.3 is 28.8 Å². The van der Waals surface area contributed by atoms with Gasteiger partial charge in [0.25, 0.3) is 7.82 Å². The molecule has 9 heteroatoms. The van der Waals surface area contributed by atoms with Gasteiger partial charge in [-0.15, -0.1) is 0 Å². The predicted molar refractivity (Wildman–Crippen MR) is 279 cm³/mol. The number of nitrogens with one attached hydrogen (secondary N) is 1. The Morgan fingerprint density at radius 3 is 1.26 bits per heavy atom. The number of phosphoric ester groups is 1. The van der Waals surface area contributed by atoms with Gasteiger partial charge >= 0.3 is 0 Å². The number of phosphoric acid groups is 1. The lowest BCUT2D eigenvalue weighted by molar-refractivity contribution is -0.870. The van der Waals surface area contributed by atoms with Gasteiger partial charge in [0.2, 0.25) is 5.91 Å². The summed E-state index contributed by atoms with van der Waals surface area (Å²) in [7, 11) is 1.24. The van der Waals surface area contributed by atoms with Crippen LogP contribution in [0.3, 0.4) is 0 Å². The third kappa shape index (κ3) is 50.2. The molecule has 0 aliphatic rings. The van der Waals surface area contributed by atoms with E-state index in [-0.39, 0.29) is 12.5 Å². The van der Waals surface area contributed by atoms with E-state index in [0.29, 0.717) is 17.4 Å². The number of hydrogen-bond acceptors (Lipinski definition) is 6. The molecule has 0 aliphatic carbocycles. The number of carbonyl (C=O) groups excluding carboxylic acids is 1. The molecule has 3 unspecified atom stereocenters. The molecule has 1 amide bonds. The summed E-state index contributed by atoms with van der Waals surface area (Å²) in [5.41, 5.74) is 0. The predicted octanol–water partition coefficient (Wildman–Crippen LogP) is 15.7. The van der Waals surface area contributed by atoms with Gasteiger partial charge in [-0.05, 0) is 70.6 Å². The number of unbranched alkanes of at least 4 members (excludes halogenated alkanes) is 31. The van der Waals surface area contributed by atoms with Crippen molar-refractivity contribution in [3.05, 3.63) is 48.6 Å². The zero-order chi connectivity index (χ0) is 47.8. The first-order valence-corrected chi connectivity index (χ1v) is 29.0. The van der Waals surface area contributed by atoms with Crippen molar-refractivity contribution in [3.8, 4) is 0 Å². The Morgan fingerprint density at radius 1 is 0.523 bits per heavy atom. The van der Waals surface area contributed by atoms with Crippen LogP contribution >= 0.6 is 7.82 Å². The SMILES string of the molecule is CCCCCC/C=C/CC/C=C/CC/C=C/C(O)C(COP(=O)([O-])OCC[N+](C)(C)C)NC(=O)CCCCCCCCCCCCCCCCCCC/C=C\CCCCCCCCCC. The molecular weight excluding hydrogens is 828 g/mol. The molecule has 3 atom stereocenters. The van der Waals surface area contributed by atoms with Crippen LogP contribution < -0.4 is 10.2 Å². The molecule has 8 nitrogen and oxygen atoms in total. The summed E-state index contributed by atoms with van der Waals surface area (Å²) in [6.07, 6.45) is 61.9. The van der Waals surface area contributed by atoms with Crippen LogP contribution in [0.1, 0.15) is 251 Å². The quantitative estimate of drug-likeness (QED) is 0.0272. The lowest BCUT2D eigenvalue weighted by Gasteiger charge is -2.29. The molecule has 382 valence electrons. The fourth-order valence-corrected chi connectivity index (χ4v) is 8.61. The fraction of sp³-hybridized carbons (Fsp3) is 0.839. The third-order valence-electron chi connectivity index (χ3n) is 12.2. The molecule has 0 rings (SSSR count). The molecule has 0 fully saturated rings. The van der Waals surface area contributed by atoms with E-state index in [0.717, 1.165) is 51.4 Å². The van der Waals surface area contributed by atoms with Gasteiger partial charge in [0.15, 0.2) is 0 Å². The molecule has 65 heavy (non-hydrogen) atoms. The second kappa shape index (κ2) is 47.5. The van der Waals surface area contributed by atoms with Crippen LogP contribution in [-0.4, -0.2) is 68.5 Å². The Morgan fingerprint density at radius 2 is 0.862 bits per heavy atom. The van der Waals surface area contributed by atoms with Gasteiger partial charge in [-0.3, -0.25) is 9.36 Å². The number of aliphatic hydroxyl groups excluding tert-OH is 1. The van der Waals surface area contributed by atoms with Crippen LogP contribution in [0.15, 0.2) is 48.6 Å². The fourth-order valence-electron chi connectivity index (χ4n) is 7.89. The second-order valence-corrected chi connectivity index (χ2v) is 21.3. The average molecular weight is 935 g/mol. The summed E-state index contributed by atoms with van der Waals surface area (Å²) in [4.78, 5) is 25.4. The van der Waals surface area contributed by atoms with Crippen LogP contribution in [0.5, 0.6) is 0 Å². The van der Waals surface area contributed by atoms with Crippen molar-refractivity contribution < 1.29 is 32.9 Å². The van der Waals surface area contributed by atoms with Gasteiger partial charge in [0, 0.05) is 6.42 Å². The zero-order valence-corrected chi connectivity index (χ0v) is 44.3. The monoisotopic (exact) mass is 935 g/mol. The normalized spacial score (nSPS) is 14.4. The van der Waals surface area contributed by atoms with E-state index in [1.807, 2.05) is 27.2 Å². The van der Waals surface area contributed by atoms with Crippen LogP contribution in [-0.2, 0) is 18.4 Å². The minimum Gasteiger partial charge on any atom is -0.756 e. The first-order chi connectivity index (χ1) is 31.5. The number of allylic oxidation sites excluding steroid dienone is 7. The van der Waals surface area contributed by atoms with Crippen molar-refractivity contribution in [3.63, 3.8) is 0 Å². The Balaban J connectivity index is 4.13. The number of amides is 1. The van der Waals surface area contributed by atoms with Gasteiger partial charge in [-0.2, -0.15) is 0 Å². The number of rotatable bonds is 50. The van der Waals surface area contributed by atoms with Crippen molar-refractivity contribution in [2.75, 3.05) is 40.9 Å². The lowest BCUT2D eigenvalue weighted by Crippen LogP contribution is -2.45. The number of hydrogen-bond donors (Lipinski definition) is 2. The standard InChI is InChI=1S/C56H107N2O6P/c1-6-8-10-12-14-16-18-20-22-23-24-25-26-27-28-29-30-31-32-33-34-35-36-38-40-42-44-46-48-50-56(60)57-54(53-64-65(61,62)63-52-51-58(3,4)5)55(59)49-47-45-43-41-39-37-21-19-17-15-13-11-9-7-2/h17,19,23-24,39,41,47,49,54-55,59H,6-16,18,20-22,25-38,40,42-46,48,50-53H2,1-5H3,(H-,57,60,61,62)/b19-17+,24-23-,41-39+,49-47+. The van der Waals surface area contributed by atoms with Crippen molar-refractivity contribution in [1.82, 2.24) is 5.32 Å². The van der Waals surface area contributed by atoms with Crippen molar-refractivity contribution >= 4 is 13.7 Å². The molecule has 0 heterocycles. The van der Waals surface area contributed by atoms with Crippen LogP contribution in [0, 0.1) is 0 Å². The molecule has 0 saturated heterocycles. The van der Waals surface area contributed by atoms with E-state index in [4.69, 9.17) is 9.05 Å². The van der Waals surface area contributed by atoms with Crippen LogP contribution in [0.25, 0.3) is 0 Å². The van der Waals surface area contributed by atoms with Crippen LogP contribution in [0.2, 0.25) is 0 Å². The van der Waals surface area contributed by atoms with E-state index in [2.05, 4.69) is 55.6 Å². The number of carbonyl (C=O) groups is 1. The number of likely N-dealkylation sites (N-methyl/N-ethyl adjacent to an activating group) is 1. The Bertz CT molecular complexity index is 1200. The Kier molecular flexibility index (Phi) is 46.4. The zero-order valence-electron chi connectivity index (χ0n) is 43.4. The molecule has 0 aromatic heterocycles. The molecule has 0 aromatic carbocycles. The summed E-state index contributed by atoms with van der Waals surface area (Å²) in [6, 6.07) is -0.908. The average Bonchev–Trinajstić information content (AvgIpc) is 3.26. The smallest absolute Gasteiger partial charge is 0.268 e. The van der Waals surface area contributed by atoms with Gasteiger partial charge in [-0.25, -0.2) is 0 Å². The first-order valence-electron chi connectivity index (χ1n) is 27.5. The number of aliphatic hydroxyl groups is 1. The highest BCUT2D eigenvalue weighted by atomic mass is 31.2. The first kappa shape index (κ1) is 63.5. The molecule has 0 aliphatic heterocycles. The van der Waals surface area contributed by atoms with Crippen molar-refractivity contribution in [2.24, 2.45) is 0 Å². The summed E-state index contributed by atoms with van der Waals surface area (Å²) in [6.45, 7) is 4.61. The molecule has 0 saturated carbocycles. The second-order valence-electron chi connectivity index (χ2n) is 19.9. The minimum absolute atomic E-state index is 0.00889. The van der Waals surface area contributed by atoms with Gasteiger partial charge in [0.05, 0.1) is 39.9 Å². The number of nitrogens with zero attached hydrogens (tertiary/aromatic N) is 1. The van der Waals surface area contributed by atoms with E-state index in [9.17, 15) is 19.4 Å². The van der Waals surface area contributed by atoms with Crippen molar-refractivity contribution in [1.29, 1.82) is 0 Å². The molecule has 0 radical (unpaired) electrons. The Hall–Kier alpha value is -1.54. The van der Waals surface area contributed by atoms with E-state index >= 15 is 0 Å². The highest BCUT2D eigenvalue weighted by molar-refractivity contribution is 7.45. The molecule has 0 bridgehead atoms. The molecular formula is C56H107N2O6P. The maximum Gasteiger partial charge on any atom is 0.268 e. The van der Waals surface area contributed by atoms with E-state index in [1.165, 1.54) is 180 Å². The van der Waals surface area contributed by atoms with E-state index in [1.54, 1.807) is 6.08 Å². The third-order valence-corrected chi connectivity index (χ3v) is 13.2. The maximum atomic E-state index is 12.9. The van der Waals surface area contributed by atoms with Crippen molar-refractivity contribution in [2.45, 2.75) is 264 Å². The largest absolute Gasteiger partial charge is 0.756 e. The van der Waals surface area contributed by atoms with Crippen LogP contribution in [0.4, 0.5) is 0 Å². The molecule has 0 aromatic rings. The van der Waals surface area contributed by atoms with Gasteiger partial charge in [-0.1, -0.05) is 223 Å².